The molecule has 1 aromatic rings. The van der Waals surface area contributed by atoms with Gasteiger partial charge < -0.3 is 10.1 Å². The Morgan fingerprint density at radius 2 is 2.06 bits per heavy atom. The third-order valence-corrected chi connectivity index (χ3v) is 3.63. The Kier molecular flexibility index (Phi) is 3.34. The van der Waals surface area contributed by atoms with Crippen LogP contribution in [0.2, 0.25) is 0 Å². The van der Waals surface area contributed by atoms with Crippen LogP contribution in [0.1, 0.15) is 12.5 Å². The van der Waals surface area contributed by atoms with Crippen molar-refractivity contribution in [1.82, 2.24) is 5.32 Å². The second-order valence-corrected chi connectivity index (χ2v) is 4.72. The predicted molar refractivity (Wildman–Crippen MR) is 62.1 cm³/mol. The molecule has 1 N–H and O–H groups in total. The lowest BCUT2D eigenvalue weighted by atomic mass is 9.73. The molecule has 0 spiro atoms. The predicted octanol–water partition coefficient (Wildman–Crippen LogP) is 1.61. The highest BCUT2D eigenvalue weighted by Gasteiger charge is 2.47. The molecule has 0 radical (unpaired) electrons. The second-order valence-electron chi connectivity index (χ2n) is 4.72. The molecule has 1 aliphatic rings. The molecule has 0 amide bonds. The highest BCUT2D eigenvalue weighted by atomic mass is 19.1. The van der Waals surface area contributed by atoms with E-state index in [-0.39, 0.29) is 5.56 Å². The number of methoxy groups -OCH3 is 1. The first-order valence-electron chi connectivity index (χ1n) is 5.73. The van der Waals surface area contributed by atoms with E-state index >= 15 is 0 Å². The maximum absolute atomic E-state index is 13.9. The summed E-state index contributed by atoms with van der Waals surface area (Å²) in [6, 6.07) is 3.72. The number of rotatable bonds is 2. The topological polar surface area (TPSA) is 38.3 Å². The van der Waals surface area contributed by atoms with E-state index in [0.29, 0.717) is 13.1 Å². The number of ether oxygens (including phenoxy) is 1. The summed E-state index contributed by atoms with van der Waals surface area (Å²) in [4.78, 5) is 11.7. The minimum absolute atomic E-state index is 0.0506. The van der Waals surface area contributed by atoms with E-state index in [2.05, 4.69) is 5.32 Å². The molecule has 5 heteroatoms. The number of hydrogen-bond acceptors (Lipinski definition) is 3. The fourth-order valence-electron chi connectivity index (χ4n) is 2.62. The summed E-state index contributed by atoms with van der Waals surface area (Å²) < 4.78 is 32.4. The number of nitrogens with one attached hydrogen (secondary N) is 1. The summed E-state index contributed by atoms with van der Waals surface area (Å²) in [6.45, 7) is 2.37. The van der Waals surface area contributed by atoms with Crippen molar-refractivity contribution in [1.29, 1.82) is 0 Å². The highest BCUT2D eigenvalue weighted by molar-refractivity contribution is 5.75. The summed E-state index contributed by atoms with van der Waals surface area (Å²) in [7, 11) is 1.28. The molecule has 0 aromatic heterocycles. The average molecular weight is 255 g/mol. The van der Waals surface area contributed by atoms with E-state index in [1.54, 1.807) is 6.92 Å². The number of halogens is 2. The van der Waals surface area contributed by atoms with Gasteiger partial charge in [-0.15, -0.1) is 0 Å². The summed E-state index contributed by atoms with van der Waals surface area (Å²) in [5.74, 6) is -2.30. The van der Waals surface area contributed by atoms with E-state index in [4.69, 9.17) is 4.74 Å². The van der Waals surface area contributed by atoms with E-state index < -0.39 is 28.9 Å². The Morgan fingerprint density at radius 3 is 2.61 bits per heavy atom. The van der Waals surface area contributed by atoms with Crippen LogP contribution in [0.25, 0.3) is 0 Å². The van der Waals surface area contributed by atoms with Crippen molar-refractivity contribution in [2.75, 3.05) is 20.2 Å². The van der Waals surface area contributed by atoms with Gasteiger partial charge in [-0.1, -0.05) is 13.0 Å². The molecule has 2 rings (SSSR count). The normalized spacial score (nSPS) is 27.2. The lowest BCUT2D eigenvalue weighted by Crippen LogP contribution is -2.38. The van der Waals surface area contributed by atoms with E-state index in [9.17, 15) is 13.6 Å². The Hall–Kier alpha value is -1.49. The minimum atomic E-state index is -0.928. The van der Waals surface area contributed by atoms with Crippen LogP contribution in [0.5, 0.6) is 0 Å². The molecule has 1 fully saturated rings. The van der Waals surface area contributed by atoms with Crippen LogP contribution < -0.4 is 5.32 Å². The number of carbonyl (C=O) groups excluding carboxylic acids is 1. The first-order chi connectivity index (χ1) is 8.50. The SMILES string of the molecule is COC(=O)C1CNCC1(C)c1c(F)cccc1F. The fraction of sp³-hybridized carbons (Fsp3) is 0.462. The molecule has 2 unspecified atom stereocenters. The minimum Gasteiger partial charge on any atom is -0.469 e. The van der Waals surface area contributed by atoms with Gasteiger partial charge in [0.05, 0.1) is 13.0 Å². The van der Waals surface area contributed by atoms with Gasteiger partial charge in [-0.05, 0) is 12.1 Å². The zero-order chi connectivity index (χ0) is 13.3. The van der Waals surface area contributed by atoms with Crippen LogP contribution >= 0.6 is 0 Å². The van der Waals surface area contributed by atoms with Crippen LogP contribution in [-0.4, -0.2) is 26.2 Å². The van der Waals surface area contributed by atoms with Crippen LogP contribution in [0, 0.1) is 17.6 Å². The van der Waals surface area contributed by atoms with Crippen molar-refractivity contribution in [3.05, 3.63) is 35.4 Å². The standard InChI is InChI=1S/C13H15F2NO2/c1-13(7-16-6-8(13)12(17)18-2)11-9(14)4-3-5-10(11)15/h3-5,8,16H,6-7H2,1-2H3. The van der Waals surface area contributed by atoms with Crippen LogP contribution in [0.3, 0.4) is 0 Å². The Bertz CT molecular complexity index is 458. The highest BCUT2D eigenvalue weighted by Crippen LogP contribution is 2.38. The second kappa shape index (κ2) is 4.65. The monoisotopic (exact) mass is 255 g/mol. The third kappa shape index (κ3) is 1.88. The molecular formula is C13H15F2NO2. The summed E-state index contributed by atoms with van der Waals surface area (Å²) >= 11 is 0. The number of carbonyl (C=O) groups is 1. The lowest BCUT2D eigenvalue weighted by molar-refractivity contribution is -0.146. The molecule has 18 heavy (non-hydrogen) atoms. The lowest BCUT2D eigenvalue weighted by Gasteiger charge is -2.29. The van der Waals surface area contributed by atoms with E-state index in [1.807, 2.05) is 0 Å². The molecule has 1 aromatic carbocycles. The van der Waals surface area contributed by atoms with Crippen LogP contribution in [-0.2, 0) is 14.9 Å². The molecule has 0 saturated carbocycles. The van der Waals surface area contributed by atoms with Crippen LogP contribution in [0.4, 0.5) is 8.78 Å². The maximum atomic E-state index is 13.9. The van der Waals surface area contributed by atoms with Crippen molar-refractivity contribution in [2.45, 2.75) is 12.3 Å². The smallest absolute Gasteiger partial charge is 0.310 e. The molecule has 1 heterocycles. The molecular weight excluding hydrogens is 240 g/mol. The molecule has 1 saturated heterocycles. The number of hydrogen-bond donors (Lipinski definition) is 1. The first-order valence-corrected chi connectivity index (χ1v) is 5.73. The molecule has 3 nitrogen and oxygen atoms in total. The van der Waals surface area contributed by atoms with E-state index in [1.165, 1.54) is 25.3 Å². The van der Waals surface area contributed by atoms with Gasteiger partial charge in [0, 0.05) is 24.1 Å². The van der Waals surface area contributed by atoms with Gasteiger partial charge in [-0.3, -0.25) is 4.79 Å². The quantitative estimate of drug-likeness (QED) is 0.816. The van der Waals surface area contributed by atoms with E-state index in [0.717, 1.165) is 0 Å². The zero-order valence-electron chi connectivity index (χ0n) is 10.3. The Morgan fingerprint density at radius 1 is 1.44 bits per heavy atom. The number of esters is 1. The molecule has 2 atom stereocenters. The van der Waals surface area contributed by atoms with Crippen molar-refractivity contribution in [2.24, 2.45) is 5.92 Å². The Labute approximate surface area is 104 Å². The van der Waals surface area contributed by atoms with Crippen LogP contribution in [0.15, 0.2) is 18.2 Å². The summed E-state index contributed by atoms with van der Waals surface area (Å²) in [5, 5.41) is 3.00. The zero-order valence-corrected chi connectivity index (χ0v) is 10.3. The van der Waals surface area contributed by atoms with Gasteiger partial charge in [0.2, 0.25) is 0 Å². The first kappa shape index (κ1) is 13.0. The summed E-state index contributed by atoms with van der Waals surface area (Å²) in [5.41, 5.74) is -0.979. The molecule has 0 aliphatic carbocycles. The maximum Gasteiger partial charge on any atom is 0.310 e. The summed E-state index contributed by atoms with van der Waals surface area (Å²) in [6.07, 6.45) is 0. The van der Waals surface area contributed by atoms with Crippen molar-refractivity contribution < 1.29 is 18.3 Å². The van der Waals surface area contributed by atoms with Gasteiger partial charge in [-0.2, -0.15) is 0 Å². The molecule has 98 valence electrons. The van der Waals surface area contributed by atoms with Crippen molar-refractivity contribution in [3.63, 3.8) is 0 Å². The van der Waals surface area contributed by atoms with Gasteiger partial charge >= 0.3 is 5.97 Å². The fourth-order valence-corrected chi connectivity index (χ4v) is 2.62. The number of benzene rings is 1. The van der Waals surface area contributed by atoms with Crippen molar-refractivity contribution >= 4 is 5.97 Å². The largest absolute Gasteiger partial charge is 0.469 e. The van der Waals surface area contributed by atoms with Gasteiger partial charge in [0.25, 0.3) is 0 Å². The molecule has 0 bridgehead atoms. The molecule has 1 aliphatic heterocycles. The average Bonchev–Trinajstić information content (AvgIpc) is 2.70. The Balaban J connectivity index is 2.50. The van der Waals surface area contributed by atoms with Gasteiger partial charge in [-0.25, -0.2) is 8.78 Å². The van der Waals surface area contributed by atoms with Gasteiger partial charge in [0.15, 0.2) is 0 Å². The third-order valence-electron chi connectivity index (χ3n) is 3.63. The van der Waals surface area contributed by atoms with Crippen molar-refractivity contribution in [3.8, 4) is 0 Å². The van der Waals surface area contributed by atoms with Gasteiger partial charge in [0.1, 0.15) is 11.6 Å².